The van der Waals surface area contributed by atoms with Crippen molar-refractivity contribution in [3.63, 3.8) is 0 Å². The fourth-order valence-electron chi connectivity index (χ4n) is 3.79. The Hall–Kier alpha value is -2.76. The van der Waals surface area contributed by atoms with Gasteiger partial charge in [-0.25, -0.2) is 0 Å². The Kier molecular flexibility index (Phi) is 4.64. The van der Waals surface area contributed by atoms with Gasteiger partial charge in [-0.05, 0) is 51.0 Å². The number of ether oxygens (including phenoxy) is 2. The van der Waals surface area contributed by atoms with Crippen molar-refractivity contribution in [2.45, 2.75) is 26.7 Å². The lowest BCUT2D eigenvalue weighted by Gasteiger charge is -2.31. The van der Waals surface area contributed by atoms with E-state index < -0.39 is 0 Å². The van der Waals surface area contributed by atoms with Gasteiger partial charge in [0.1, 0.15) is 24.7 Å². The third-order valence-corrected chi connectivity index (χ3v) is 5.25. The average Bonchev–Trinajstić information content (AvgIpc) is 3.04. The van der Waals surface area contributed by atoms with Crippen LogP contribution in [-0.4, -0.2) is 42.9 Å². The van der Waals surface area contributed by atoms with Crippen molar-refractivity contribution in [2.24, 2.45) is 5.92 Å². The van der Waals surface area contributed by atoms with Crippen LogP contribution in [0.2, 0.25) is 0 Å². The lowest BCUT2D eigenvalue weighted by atomic mass is 9.88. The first kappa shape index (κ1) is 17.6. The van der Waals surface area contributed by atoms with Crippen molar-refractivity contribution in [2.75, 3.05) is 26.3 Å². The number of hydrogen-bond acceptors (Lipinski definition) is 5. The highest BCUT2D eigenvalue weighted by atomic mass is 16.6. The fraction of sp³-hybridized carbons (Fsp3) is 0.429. The number of ketones is 1. The van der Waals surface area contributed by atoms with Gasteiger partial charge >= 0.3 is 0 Å². The summed E-state index contributed by atoms with van der Waals surface area (Å²) in [7, 11) is 0. The number of furan rings is 1. The molecule has 0 radical (unpaired) electrons. The summed E-state index contributed by atoms with van der Waals surface area (Å²) in [5.74, 6) is 2.70. The topological polar surface area (TPSA) is 69.0 Å². The fourth-order valence-corrected chi connectivity index (χ4v) is 3.79. The zero-order chi connectivity index (χ0) is 19.0. The molecule has 27 heavy (non-hydrogen) atoms. The van der Waals surface area contributed by atoms with Gasteiger partial charge in [0.15, 0.2) is 17.3 Å². The highest BCUT2D eigenvalue weighted by Gasteiger charge is 2.30. The second kappa shape index (κ2) is 7.10. The number of hydrogen-bond donors (Lipinski definition) is 0. The van der Waals surface area contributed by atoms with E-state index in [9.17, 15) is 9.59 Å². The number of rotatable bonds is 3. The average molecular weight is 369 g/mol. The molecule has 1 aromatic heterocycles. The van der Waals surface area contributed by atoms with Gasteiger partial charge in [0.25, 0.3) is 5.91 Å². The Morgan fingerprint density at radius 3 is 2.37 bits per heavy atom. The van der Waals surface area contributed by atoms with Crippen LogP contribution in [0.15, 0.2) is 28.7 Å². The summed E-state index contributed by atoms with van der Waals surface area (Å²) in [4.78, 5) is 27.4. The van der Waals surface area contributed by atoms with E-state index in [0.29, 0.717) is 67.5 Å². The molecule has 0 spiro atoms. The number of piperidine rings is 1. The van der Waals surface area contributed by atoms with Gasteiger partial charge in [-0.15, -0.1) is 0 Å². The molecular weight excluding hydrogens is 346 g/mol. The van der Waals surface area contributed by atoms with Gasteiger partial charge in [-0.2, -0.15) is 0 Å². The number of benzene rings is 1. The Bertz CT molecular complexity index is 877. The third-order valence-electron chi connectivity index (χ3n) is 5.25. The number of carbonyl (C=O) groups is 2. The van der Waals surface area contributed by atoms with Gasteiger partial charge in [-0.1, -0.05) is 0 Å². The van der Waals surface area contributed by atoms with E-state index in [4.69, 9.17) is 13.9 Å². The van der Waals surface area contributed by atoms with Crippen LogP contribution < -0.4 is 9.47 Å². The second-order valence-electron chi connectivity index (χ2n) is 7.12. The van der Waals surface area contributed by atoms with E-state index >= 15 is 0 Å². The molecule has 0 saturated carbocycles. The van der Waals surface area contributed by atoms with Crippen molar-refractivity contribution in [3.05, 3.63) is 46.9 Å². The maximum absolute atomic E-state index is 12.9. The lowest BCUT2D eigenvalue weighted by molar-refractivity contribution is 0.0648. The number of amides is 1. The molecule has 0 atom stereocenters. The van der Waals surface area contributed by atoms with E-state index in [1.54, 1.807) is 31.2 Å². The SMILES string of the molecule is Cc1cc(C(=O)N2CCC(C(=O)c3ccc4c(c3)OCCO4)CC2)c(C)o1. The number of aryl methyl sites for hydroxylation is 2. The monoisotopic (exact) mass is 369 g/mol. The zero-order valence-electron chi connectivity index (χ0n) is 15.6. The number of nitrogens with zero attached hydrogens (tertiary/aromatic N) is 1. The minimum absolute atomic E-state index is 0.0189. The minimum Gasteiger partial charge on any atom is -0.486 e. The largest absolute Gasteiger partial charge is 0.486 e. The molecule has 4 rings (SSSR count). The molecule has 1 aromatic carbocycles. The van der Waals surface area contributed by atoms with Gasteiger partial charge in [0.05, 0.1) is 5.56 Å². The first-order valence-electron chi connectivity index (χ1n) is 9.33. The number of likely N-dealkylation sites (tertiary alicyclic amines) is 1. The highest BCUT2D eigenvalue weighted by molar-refractivity contribution is 5.99. The quantitative estimate of drug-likeness (QED) is 0.776. The van der Waals surface area contributed by atoms with E-state index in [0.717, 1.165) is 5.76 Å². The molecule has 0 bridgehead atoms. The Morgan fingerprint density at radius 1 is 1.00 bits per heavy atom. The van der Waals surface area contributed by atoms with Crippen molar-refractivity contribution in [3.8, 4) is 11.5 Å². The van der Waals surface area contributed by atoms with Crippen LogP contribution in [-0.2, 0) is 0 Å². The number of carbonyl (C=O) groups excluding carboxylic acids is 2. The van der Waals surface area contributed by atoms with Crippen molar-refractivity contribution >= 4 is 11.7 Å². The van der Waals surface area contributed by atoms with Gasteiger partial charge in [0, 0.05) is 24.6 Å². The molecule has 1 fully saturated rings. The van der Waals surface area contributed by atoms with E-state index in [2.05, 4.69) is 0 Å². The highest BCUT2D eigenvalue weighted by Crippen LogP contribution is 2.32. The van der Waals surface area contributed by atoms with Crippen LogP contribution in [0.4, 0.5) is 0 Å². The van der Waals surface area contributed by atoms with Crippen LogP contribution in [0.1, 0.15) is 45.1 Å². The Balaban J connectivity index is 1.41. The van der Waals surface area contributed by atoms with E-state index in [1.165, 1.54) is 0 Å². The van der Waals surface area contributed by atoms with Crippen molar-refractivity contribution < 1.29 is 23.5 Å². The molecule has 2 aliphatic heterocycles. The Labute approximate surface area is 158 Å². The van der Waals surface area contributed by atoms with Crippen LogP contribution in [0.3, 0.4) is 0 Å². The maximum Gasteiger partial charge on any atom is 0.257 e. The zero-order valence-corrected chi connectivity index (χ0v) is 15.6. The smallest absolute Gasteiger partial charge is 0.257 e. The number of fused-ring (bicyclic) bond motifs is 1. The second-order valence-corrected chi connectivity index (χ2v) is 7.12. The molecule has 2 aromatic rings. The normalized spacial score (nSPS) is 17.0. The molecule has 3 heterocycles. The van der Waals surface area contributed by atoms with Gasteiger partial charge in [-0.3, -0.25) is 9.59 Å². The molecule has 0 N–H and O–H groups in total. The van der Waals surface area contributed by atoms with Crippen LogP contribution in [0.5, 0.6) is 11.5 Å². The van der Waals surface area contributed by atoms with Crippen LogP contribution in [0.25, 0.3) is 0 Å². The predicted molar refractivity (Wildman–Crippen MR) is 98.6 cm³/mol. The summed E-state index contributed by atoms with van der Waals surface area (Å²) in [5, 5.41) is 0. The summed E-state index contributed by atoms with van der Waals surface area (Å²) < 4.78 is 16.5. The van der Waals surface area contributed by atoms with E-state index in [1.807, 2.05) is 11.8 Å². The molecular formula is C21H23NO5. The van der Waals surface area contributed by atoms with Crippen LogP contribution in [0, 0.1) is 19.8 Å². The summed E-state index contributed by atoms with van der Waals surface area (Å²) in [6, 6.07) is 7.14. The standard InChI is InChI=1S/C21H23NO5/c1-13-11-17(14(2)27-13)21(24)22-7-5-15(6-8-22)20(23)16-3-4-18-19(12-16)26-10-9-25-18/h3-4,11-12,15H,5-10H2,1-2H3. The Morgan fingerprint density at radius 2 is 1.70 bits per heavy atom. The lowest BCUT2D eigenvalue weighted by Crippen LogP contribution is -2.40. The summed E-state index contributed by atoms with van der Waals surface area (Å²) in [5.41, 5.74) is 1.26. The van der Waals surface area contributed by atoms with Crippen LogP contribution >= 0.6 is 0 Å². The molecule has 6 heteroatoms. The summed E-state index contributed by atoms with van der Waals surface area (Å²) in [6.45, 7) is 5.81. The summed E-state index contributed by atoms with van der Waals surface area (Å²) >= 11 is 0. The molecule has 0 unspecified atom stereocenters. The summed E-state index contributed by atoms with van der Waals surface area (Å²) in [6.07, 6.45) is 1.32. The number of Topliss-reactive ketones (excluding diaryl/α,β-unsaturated/α-hetero) is 1. The van der Waals surface area contributed by atoms with Crippen molar-refractivity contribution in [1.29, 1.82) is 0 Å². The third kappa shape index (κ3) is 3.44. The van der Waals surface area contributed by atoms with Gasteiger partial charge < -0.3 is 18.8 Å². The first-order chi connectivity index (χ1) is 13.0. The molecule has 2 aliphatic rings. The maximum atomic E-state index is 12.9. The van der Waals surface area contributed by atoms with Crippen molar-refractivity contribution in [1.82, 2.24) is 4.90 Å². The van der Waals surface area contributed by atoms with Gasteiger partial charge in [0.2, 0.25) is 0 Å². The first-order valence-corrected chi connectivity index (χ1v) is 9.33. The molecule has 142 valence electrons. The molecule has 6 nitrogen and oxygen atoms in total. The minimum atomic E-state index is -0.0798. The molecule has 1 saturated heterocycles. The van der Waals surface area contributed by atoms with E-state index in [-0.39, 0.29) is 17.6 Å². The molecule has 0 aliphatic carbocycles. The molecule has 1 amide bonds. The predicted octanol–water partition coefficient (Wildman–Crippen LogP) is 3.40.